The molecule has 64 heavy (non-hydrogen) atoms. The normalized spacial score (nSPS) is 22.6. The third kappa shape index (κ3) is 7.87. The molecular formula is C47H52F2N10O5. The number of aryl methyl sites for hydroxylation is 2. The summed E-state index contributed by atoms with van der Waals surface area (Å²) in [7, 11) is 1.84. The molecule has 0 unspecified atom stereocenters. The first-order chi connectivity index (χ1) is 30.8. The lowest BCUT2D eigenvalue weighted by Gasteiger charge is -2.43. The summed E-state index contributed by atoms with van der Waals surface area (Å²) in [5.41, 5.74) is 5.12. The Balaban J connectivity index is 0.824. The largest absolute Gasteiger partial charge is 0.477 e. The summed E-state index contributed by atoms with van der Waals surface area (Å²) >= 11 is 0. The number of carbonyl (C=O) groups is 4. The van der Waals surface area contributed by atoms with Gasteiger partial charge in [-0.05, 0) is 93.3 Å². The van der Waals surface area contributed by atoms with Crippen LogP contribution in [0.1, 0.15) is 85.0 Å². The van der Waals surface area contributed by atoms with Crippen LogP contribution in [0, 0.1) is 30.4 Å². The zero-order valence-electron chi connectivity index (χ0n) is 36.3. The number of amides is 4. The number of benzene rings is 2. The number of imide groups is 1. The lowest BCUT2D eigenvalue weighted by Crippen LogP contribution is -2.58. The highest BCUT2D eigenvalue weighted by molar-refractivity contribution is 6.05. The Morgan fingerprint density at radius 2 is 1.77 bits per heavy atom. The molecule has 4 fully saturated rings. The van der Waals surface area contributed by atoms with Crippen molar-refractivity contribution in [1.29, 1.82) is 0 Å². The van der Waals surface area contributed by atoms with Gasteiger partial charge in [0, 0.05) is 81.8 Å². The smallest absolute Gasteiger partial charge is 0.258 e. The number of carbonyl (C=O) groups excluding carboxylic acids is 4. The van der Waals surface area contributed by atoms with E-state index in [-0.39, 0.29) is 47.6 Å². The number of piperidine rings is 1. The molecule has 3 atom stereocenters. The Labute approximate surface area is 369 Å². The second-order valence-corrected chi connectivity index (χ2v) is 18.5. The topological polar surface area (TPSA) is 160 Å². The Morgan fingerprint density at radius 3 is 2.55 bits per heavy atom. The van der Waals surface area contributed by atoms with Crippen molar-refractivity contribution in [3.8, 4) is 17.1 Å². The number of pyridine rings is 1. The van der Waals surface area contributed by atoms with Crippen LogP contribution in [-0.4, -0.2) is 103 Å². The molecule has 7 heterocycles. The third-order valence-electron chi connectivity index (χ3n) is 13.8. The highest BCUT2D eigenvalue weighted by atomic mass is 19.1. The molecule has 5 aliphatic rings. The maximum Gasteiger partial charge on any atom is 0.258 e. The molecule has 2 aromatic carbocycles. The van der Waals surface area contributed by atoms with Crippen LogP contribution in [0.2, 0.25) is 0 Å². The second-order valence-electron chi connectivity index (χ2n) is 18.5. The number of halogens is 2. The Hall–Kier alpha value is -6.23. The number of anilines is 2. The van der Waals surface area contributed by atoms with E-state index in [1.807, 2.05) is 24.9 Å². The minimum atomic E-state index is -1.07. The fraction of sp³-hybridized carbons (Fsp3) is 0.468. The van der Waals surface area contributed by atoms with Gasteiger partial charge in [0.2, 0.25) is 29.5 Å². The van der Waals surface area contributed by atoms with E-state index in [9.17, 15) is 19.2 Å². The predicted octanol–water partition coefficient (Wildman–Crippen LogP) is 5.70. The summed E-state index contributed by atoms with van der Waals surface area (Å²) < 4.78 is 40.9. The number of nitrogens with zero attached hydrogens (tertiary/aromatic N) is 8. The quantitative estimate of drug-likeness (QED) is 0.210. The zero-order valence-corrected chi connectivity index (χ0v) is 36.3. The van der Waals surface area contributed by atoms with Crippen LogP contribution >= 0.6 is 0 Å². The van der Waals surface area contributed by atoms with E-state index in [2.05, 4.69) is 49.2 Å². The molecule has 4 amide bonds. The van der Waals surface area contributed by atoms with Crippen molar-refractivity contribution in [2.45, 2.75) is 83.3 Å². The summed E-state index contributed by atoms with van der Waals surface area (Å²) in [6, 6.07) is 12.3. The molecule has 17 heteroatoms. The van der Waals surface area contributed by atoms with Crippen molar-refractivity contribution < 1.29 is 32.7 Å². The van der Waals surface area contributed by atoms with E-state index < -0.39 is 29.4 Å². The molecule has 3 saturated heterocycles. The fourth-order valence-electron chi connectivity index (χ4n) is 10.3. The van der Waals surface area contributed by atoms with Crippen molar-refractivity contribution in [2.24, 2.45) is 18.9 Å². The molecule has 2 bridgehead atoms. The van der Waals surface area contributed by atoms with Crippen LogP contribution < -0.4 is 20.3 Å². The lowest BCUT2D eigenvalue weighted by atomic mass is 9.89. The summed E-state index contributed by atoms with van der Waals surface area (Å²) in [5, 5.41) is 9.71. The molecule has 5 aromatic rings. The molecule has 334 valence electrons. The number of aromatic nitrogens is 5. The van der Waals surface area contributed by atoms with Crippen LogP contribution in [0.3, 0.4) is 0 Å². The minimum Gasteiger partial charge on any atom is -0.477 e. The molecular weight excluding hydrogens is 823 g/mol. The number of fused-ring (bicyclic) bond motifs is 7. The summed E-state index contributed by atoms with van der Waals surface area (Å²) in [6.45, 7) is 8.79. The van der Waals surface area contributed by atoms with Gasteiger partial charge in [-0.25, -0.2) is 18.4 Å². The lowest BCUT2D eigenvalue weighted by molar-refractivity contribution is -0.141. The van der Waals surface area contributed by atoms with Gasteiger partial charge in [0.25, 0.3) is 5.91 Å². The first kappa shape index (κ1) is 41.8. The third-order valence-corrected chi connectivity index (χ3v) is 13.8. The van der Waals surface area contributed by atoms with Crippen LogP contribution in [0.25, 0.3) is 22.3 Å². The van der Waals surface area contributed by atoms with Gasteiger partial charge in [0.15, 0.2) is 0 Å². The Kier molecular flexibility index (Phi) is 10.7. The molecule has 1 spiro atoms. The molecule has 3 aromatic heterocycles. The van der Waals surface area contributed by atoms with Gasteiger partial charge in [-0.1, -0.05) is 13.0 Å². The van der Waals surface area contributed by atoms with Gasteiger partial charge in [-0.15, -0.1) is 0 Å². The van der Waals surface area contributed by atoms with E-state index in [0.29, 0.717) is 86.8 Å². The first-order valence-corrected chi connectivity index (χ1v) is 22.4. The number of hydrogen-bond acceptors (Lipinski definition) is 10. The number of rotatable bonds is 5. The number of ether oxygens (including phenoxy) is 1. The summed E-state index contributed by atoms with van der Waals surface area (Å²) in [6.07, 6.45) is 5.93. The van der Waals surface area contributed by atoms with Gasteiger partial charge in [0.1, 0.15) is 11.6 Å². The SMILES string of the molecule is Cc1cc2cc(n1)-c1cnn(C)c1OCCC[C@@H](C)Cn1c(nc3ccc(CN4CCN(C(=O)[C@@H]5CCN(c6cc(F)c([C@H]7CCC(=O)NC7=O)c(F)c6)C5)C5(CC5)C4)cc31)NC2=O. The zero-order chi connectivity index (χ0) is 44.4. The van der Waals surface area contributed by atoms with Crippen LogP contribution in [-0.2, 0) is 34.5 Å². The molecule has 2 N–H and O–H groups in total. The van der Waals surface area contributed by atoms with E-state index in [0.717, 1.165) is 54.4 Å². The number of imidazole rings is 1. The van der Waals surface area contributed by atoms with E-state index >= 15 is 8.78 Å². The molecule has 10 rings (SSSR count). The Bertz CT molecular complexity index is 2690. The van der Waals surface area contributed by atoms with Crippen molar-refractivity contribution >= 4 is 46.3 Å². The van der Waals surface area contributed by atoms with Crippen LogP contribution in [0.4, 0.5) is 20.4 Å². The van der Waals surface area contributed by atoms with Crippen LogP contribution in [0.5, 0.6) is 5.88 Å². The maximum absolute atomic E-state index is 15.4. The Morgan fingerprint density at radius 1 is 0.953 bits per heavy atom. The van der Waals surface area contributed by atoms with E-state index in [1.165, 1.54) is 12.1 Å². The van der Waals surface area contributed by atoms with Crippen molar-refractivity contribution in [3.63, 3.8) is 0 Å². The average molecular weight is 875 g/mol. The number of hydrogen-bond donors (Lipinski definition) is 2. The van der Waals surface area contributed by atoms with Crippen molar-refractivity contribution in [1.82, 2.24) is 39.4 Å². The number of nitrogens with one attached hydrogen (secondary N) is 2. The maximum atomic E-state index is 15.4. The highest BCUT2D eigenvalue weighted by Crippen LogP contribution is 2.46. The highest BCUT2D eigenvalue weighted by Gasteiger charge is 2.54. The van der Waals surface area contributed by atoms with Gasteiger partial charge in [-0.2, -0.15) is 5.10 Å². The molecule has 4 aliphatic heterocycles. The van der Waals surface area contributed by atoms with Crippen LogP contribution in [0.15, 0.2) is 48.7 Å². The molecule has 1 saturated carbocycles. The summed E-state index contributed by atoms with van der Waals surface area (Å²) in [4.78, 5) is 68.0. The second kappa shape index (κ2) is 16.4. The van der Waals surface area contributed by atoms with Gasteiger partial charge in [0.05, 0.1) is 52.5 Å². The van der Waals surface area contributed by atoms with Gasteiger partial charge in [-0.3, -0.25) is 39.7 Å². The minimum absolute atomic E-state index is 0.0226. The van der Waals surface area contributed by atoms with Gasteiger partial charge < -0.3 is 19.1 Å². The predicted molar refractivity (Wildman–Crippen MR) is 234 cm³/mol. The standard InChI is InChI=1S/C47H52F2N10O5/c1-27-5-4-16-64-45-34(22-50-55(45)3)38-19-31(17-28(2)51-38)42(61)54-46-52-37-8-6-29(18-39(37)58(46)23-27)24-56-14-15-59(47(26-56)11-12-47)44(63)30-10-13-57(25-30)32-20-35(48)41(36(49)21-32)33-7-9-40(60)53-43(33)62/h6,8,17-22,27,30,33H,4-5,7,9-16,23-26H2,1-3H3,(H,52,54,61)(H,53,60,62)/t27-,30-,33-/m1/s1. The average Bonchev–Trinajstić information content (AvgIpc) is 3.53. The van der Waals surface area contributed by atoms with Gasteiger partial charge >= 0.3 is 0 Å². The summed E-state index contributed by atoms with van der Waals surface area (Å²) in [5.74, 6) is -3.00. The first-order valence-electron chi connectivity index (χ1n) is 22.4. The molecule has 0 radical (unpaired) electrons. The van der Waals surface area contributed by atoms with E-state index in [4.69, 9.17) is 14.7 Å². The van der Waals surface area contributed by atoms with Crippen molar-refractivity contribution in [2.75, 3.05) is 49.5 Å². The number of piperazine rings is 1. The monoisotopic (exact) mass is 874 g/mol. The molecule has 15 nitrogen and oxygen atoms in total. The fourth-order valence-corrected chi connectivity index (χ4v) is 10.3. The van der Waals surface area contributed by atoms with E-state index in [1.54, 1.807) is 23.0 Å². The van der Waals surface area contributed by atoms with Crippen molar-refractivity contribution in [3.05, 3.63) is 82.7 Å². The molecule has 1 aliphatic carbocycles.